The minimum Gasteiger partial charge on any atom is -0.481 e. The number of carbonyl (C=O) groups is 2. The van der Waals surface area contributed by atoms with Crippen molar-refractivity contribution in [2.75, 3.05) is 6.54 Å². The van der Waals surface area contributed by atoms with Crippen LogP contribution in [0.15, 0.2) is 47.4 Å². The van der Waals surface area contributed by atoms with E-state index in [4.69, 9.17) is 40.5 Å². The van der Waals surface area contributed by atoms with Gasteiger partial charge in [0.25, 0.3) is 5.91 Å². The van der Waals surface area contributed by atoms with Crippen LogP contribution >= 0.6 is 47.2 Å². The number of amides is 1. The van der Waals surface area contributed by atoms with Crippen LogP contribution in [0.5, 0.6) is 0 Å². The molecule has 0 saturated carbocycles. The van der Waals surface area contributed by atoms with E-state index in [0.29, 0.717) is 25.8 Å². The molecule has 3 aromatic rings. The molecule has 1 aliphatic heterocycles. The van der Waals surface area contributed by atoms with E-state index < -0.39 is 5.97 Å². The molecule has 0 unspecified atom stereocenters. The summed E-state index contributed by atoms with van der Waals surface area (Å²) in [5.41, 5.74) is 3.96. The first-order chi connectivity index (χ1) is 15.3. The predicted octanol–water partition coefficient (Wildman–Crippen LogP) is 5.98. The number of rotatable bonds is 6. The molecule has 1 amide bonds. The molecule has 9 heteroatoms. The predicted molar refractivity (Wildman–Crippen MR) is 134 cm³/mol. The van der Waals surface area contributed by atoms with Crippen LogP contribution in [-0.4, -0.2) is 37.3 Å². The van der Waals surface area contributed by atoms with Gasteiger partial charge in [0.15, 0.2) is 0 Å². The van der Waals surface area contributed by atoms with E-state index in [0.717, 1.165) is 27.7 Å². The normalized spacial score (nSPS) is 15.3. The molecule has 5 nitrogen and oxygen atoms in total. The van der Waals surface area contributed by atoms with Gasteiger partial charge in [-0.25, -0.2) is 0 Å². The van der Waals surface area contributed by atoms with Crippen molar-refractivity contribution in [3.05, 3.63) is 74.2 Å². The van der Waals surface area contributed by atoms with Crippen molar-refractivity contribution >= 4 is 80.4 Å². The Bertz CT molecular complexity index is 1300. The van der Waals surface area contributed by atoms with Gasteiger partial charge in [-0.2, -0.15) is 0 Å². The van der Waals surface area contributed by atoms with E-state index in [1.807, 2.05) is 49.4 Å². The molecule has 0 radical (unpaired) electrons. The molecule has 1 fully saturated rings. The van der Waals surface area contributed by atoms with E-state index in [-0.39, 0.29) is 18.9 Å². The molecule has 0 aliphatic carbocycles. The number of aliphatic carboxylic acids is 1. The Morgan fingerprint density at radius 3 is 2.66 bits per heavy atom. The maximum absolute atomic E-state index is 12.9. The summed E-state index contributed by atoms with van der Waals surface area (Å²) in [5, 5.41) is 11.0. The number of carboxylic acid groups (broad SMARTS) is 1. The maximum Gasteiger partial charge on any atom is 0.305 e. The minimum absolute atomic E-state index is 0.0649. The van der Waals surface area contributed by atoms with E-state index in [9.17, 15) is 9.59 Å². The van der Waals surface area contributed by atoms with E-state index in [1.54, 1.807) is 6.07 Å². The molecule has 1 saturated heterocycles. The second kappa shape index (κ2) is 9.27. The first-order valence-corrected chi connectivity index (χ1v) is 11.7. The molecular weight excluding hydrogens is 487 g/mol. The summed E-state index contributed by atoms with van der Waals surface area (Å²) in [4.78, 5) is 25.6. The van der Waals surface area contributed by atoms with E-state index in [1.165, 1.54) is 16.7 Å². The van der Waals surface area contributed by atoms with Gasteiger partial charge in [0.1, 0.15) is 4.32 Å². The third-order valence-electron chi connectivity index (χ3n) is 5.30. The van der Waals surface area contributed by atoms with Gasteiger partial charge in [-0.1, -0.05) is 71.4 Å². The SMILES string of the molecule is Cc1c(/C=C2/SC(=S)N(CCC(=O)O)C2=O)c2ccccc2n1Cc1ccc(Cl)c(Cl)c1. The van der Waals surface area contributed by atoms with Crippen LogP contribution in [0.25, 0.3) is 17.0 Å². The molecule has 32 heavy (non-hydrogen) atoms. The number of hydrogen-bond donors (Lipinski definition) is 1. The number of halogens is 2. The van der Waals surface area contributed by atoms with Crippen molar-refractivity contribution in [1.29, 1.82) is 0 Å². The third kappa shape index (κ3) is 4.43. The number of thiocarbonyl (C=S) groups is 1. The van der Waals surface area contributed by atoms with Crippen molar-refractivity contribution < 1.29 is 14.7 Å². The second-order valence-corrected chi connectivity index (χ2v) is 9.82. The van der Waals surface area contributed by atoms with Gasteiger partial charge >= 0.3 is 5.97 Å². The molecule has 1 aromatic heterocycles. The molecule has 1 aliphatic rings. The van der Waals surface area contributed by atoms with Crippen LogP contribution in [0.3, 0.4) is 0 Å². The zero-order valence-electron chi connectivity index (χ0n) is 17.0. The molecule has 0 atom stereocenters. The topological polar surface area (TPSA) is 62.5 Å². The monoisotopic (exact) mass is 504 g/mol. The molecule has 164 valence electrons. The number of nitrogens with zero attached hydrogens (tertiary/aromatic N) is 2. The minimum atomic E-state index is -0.968. The fourth-order valence-corrected chi connectivity index (χ4v) is 5.31. The zero-order chi connectivity index (χ0) is 23.0. The lowest BCUT2D eigenvalue weighted by Gasteiger charge is -2.12. The standard InChI is InChI=1S/C23H18Cl2N2O3S2/c1-13-16(11-20-22(30)26(23(31)32-20)9-8-21(28)29)15-4-2-3-5-19(15)27(13)12-14-6-7-17(24)18(25)10-14/h2-7,10-11H,8-9,12H2,1H3,(H,28,29)/b20-11+. The van der Waals surface area contributed by atoms with E-state index in [2.05, 4.69) is 4.57 Å². The highest BCUT2D eigenvalue weighted by atomic mass is 35.5. The number of aromatic nitrogens is 1. The fraction of sp³-hybridized carbons (Fsp3) is 0.174. The average molecular weight is 505 g/mol. The number of carbonyl (C=O) groups excluding carboxylic acids is 1. The van der Waals surface area contributed by atoms with Gasteiger partial charge in [0.2, 0.25) is 0 Å². The van der Waals surface area contributed by atoms with Crippen LogP contribution in [0.2, 0.25) is 10.0 Å². The van der Waals surface area contributed by atoms with Gasteiger partial charge in [-0.15, -0.1) is 0 Å². The first-order valence-electron chi connectivity index (χ1n) is 9.75. The summed E-state index contributed by atoms with van der Waals surface area (Å²) in [6.45, 7) is 2.67. The number of thioether (sulfide) groups is 1. The largest absolute Gasteiger partial charge is 0.481 e. The first kappa shape index (κ1) is 22.9. The number of para-hydroxylation sites is 1. The molecule has 4 rings (SSSR count). The summed E-state index contributed by atoms with van der Waals surface area (Å²) < 4.78 is 2.55. The second-order valence-electron chi connectivity index (χ2n) is 7.33. The van der Waals surface area contributed by atoms with Crippen molar-refractivity contribution in [2.24, 2.45) is 0 Å². The van der Waals surface area contributed by atoms with Crippen molar-refractivity contribution in [3.63, 3.8) is 0 Å². The number of carboxylic acids is 1. The Hall–Kier alpha value is -2.32. The average Bonchev–Trinajstić information content (AvgIpc) is 3.17. The zero-order valence-corrected chi connectivity index (χ0v) is 20.1. The Morgan fingerprint density at radius 1 is 1.19 bits per heavy atom. The summed E-state index contributed by atoms with van der Waals surface area (Å²) in [6, 6.07) is 13.6. The molecule has 2 aromatic carbocycles. The fourth-order valence-electron chi connectivity index (χ4n) is 3.70. The Balaban J connectivity index is 1.73. The highest BCUT2D eigenvalue weighted by molar-refractivity contribution is 8.26. The van der Waals surface area contributed by atoms with Crippen molar-refractivity contribution in [2.45, 2.75) is 19.9 Å². The van der Waals surface area contributed by atoms with Crippen LogP contribution in [0, 0.1) is 6.92 Å². The van der Waals surface area contributed by atoms with Crippen LogP contribution in [-0.2, 0) is 16.1 Å². The van der Waals surface area contributed by atoms with Gasteiger partial charge in [0.05, 0.1) is 21.4 Å². The van der Waals surface area contributed by atoms with Crippen molar-refractivity contribution in [1.82, 2.24) is 9.47 Å². The lowest BCUT2D eigenvalue weighted by molar-refractivity contribution is -0.137. The highest BCUT2D eigenvalue weighted by Gasteiger charge is 2.32. The van der Waals surface area contributed by atoms with E-state index >= 15 is 0 Å². The molecule has 1 N–H and O–H groups in total. The summed E-state index contributed by atoms with van der Waals surface area (Å²) in [7, 11) is 0. The number of benzene rings is 2. The molecular formula is C23H18Cl2N2O3S2. The summed E-state index contributed by atoms with van der Waals surface area (Å²) in [5.74, 6) is -1.23. The Labute approximate surface area is 204 Å². The Kier molecular flexibility index (Phi) is 6.62. The smallest absolute Gasteiger partial charge is 0.305 e. The van der Waals surface area contributed by atoms with Gasteiger partial charge in [-0.05, 0) is 36.8 Å². The van der Waals surface area contributed by atoms with Gasteiger partial charge in [0, 0.05) is 35.2 Å². The van der Waals surface area contributed by atoms with Crippen LogP contribution in [0.4, 0.5) is 0 Å². The summed E-state index contributed by atoms with van der Waals surface area (Å²) >= 11 is 18.8. The molecule has 2 heterocycles. The molecule has 0 bridgehead atoms. The Morgan fingerprint density at radius 2 is 1.94 bits per heavy atom. The van der Waals surface area contributed by atoms with Crippen LogP contribution < -0.4 is 0 Å². The number of hydrogen-bond acceptors (Lipinski definition) is 4. The van der Waals surface area contributed by atoms with Gasteiger partial charge in [-0.3, -0.25) is 14.5 Å². The lowest BCUT2D eigenvalue weighted by Crippen LogP contribution is -2.30. The lowest BCUT2D eigenvalue weighted by atomic mass is 10.1. The number of fused-ring (bicyclic) bond motifs is 1. The van der Waals surface area contributed by atoms with Crippen LogP contribution in [0.1, 0.15) is 23.2 Å². The maximum atomic E-state index is 12.9. The summed E-state index contributed by atoms with van der Waals surface area (Å²) in [6.07, 6.45) is 1.70. The highest BCUT2D eigenvalue weighted by Crippen LogP contribution is 2.36. The quantitative estimate of drug-likeness (QED) is 0.330. The van der Waals surface area contributed by atoms with Crippen molar-refractivity contribution in [3.8, 4) is 0 Å². The molecule has 0 spiro atoms. The van der Waals surface area contributed by atoms with Gasteiger partial charge < -0.3 is 9.67 Å². The third-order valence-corrected chi connectivity index (χ3v) is 7.42.